The zero-order chi connectivity index (χ0) is 9.68. The number of rotatable bonds is 0. The number of nitrogens with two attached hydrogens (primary N) is 1. The summed E-state index contributed by atoms with van der Waals surface area (Å²) in [6.45, 7) is 1.81. The minimum absolute atomic E-state index is 0.792. The Labute approximate surface area is 89.1 Å². The van der Waals surface area contributed by atoms with Crippen LogP contribution in [0.4, 0.5) is 0 Å². The van der Waals surface area contributed by atoms with E-state index in [4.69, 9.17) is 5.73 Å². The van der Waals surface area contributed by atoms with Crippen molar-refractivity contribution in [1.29, 1.82) is 0 Å². The van der Waals surface area contributed by atoms with E-state index in [0.717, 1.165) is 10.1 Å². The molecule has 2 N–H and O–H groups in total. The van der Waals surface area contributed by atoms with Crippen LogP contribution in [-0.2, 0) is 0 Å². The molecule has 0 atom stereocenters. The molecule has 0 bridgehead atoms. The van der Waals surface area contributed by atoms with Crippen molar-refractivity contribution in [3.8, 4) is 0 Å². The van der Waals surface area contributed by atoms with Crippen LogP contribution in [0.15, 0.2) is 29.8 Å². The minimum atomic E-state index is 0.792. The molecule has 0 unspecified atom stereocenters. The summed E-state index contributed by atoms with van der Waals surface area (Å²) in [6.07, 6.45) is 0. The fourth-order valence-electron chi connectivity index (χ4n) is 0.803. The molecule has 0 spiro atoms. The second-order valence-corrected chi connectivity index (χ2v) is 4.67. The maximum atomic E-state index is 4.97. The van der Waals surface area contributed by atoms with Gasteiger partial charge in [0.2, 0.25) is 0 Å². The summed E-state index contributed by atoms with van der Waals surface area (Å²) in [7, 11) is 0. The summed E-state index contributed by atoms with van der Waals surface area (Å²) < 4.78 is 2.05. The van der Waals surface area contributed by atoms with Crippen LogP contribution >= 0.6 is 11.3 Å². The van der Waals surface area contributed by atoms with Crippen molar-refractivity contribution in [3.05, 3.63) is 29.8 Å². The number of aromatic nitrogens is 1. The SMILES string of the molecule is CC(N)=[Se].c1ccc2scnc2c1. The van der Waals surface area contributed by atoms with E-state index in [2.05, 4.69) is 26.6 Å². The number of hydrogen-bond donors (Lipinski definition) is 1. The largest absolute Gasteiger partial charge is 0.245 e. The minimum Gasteiger partial charge on any atom is -0.245 e. The van der Waals surface area contributed by atoms with Gasteiger partial charge in [0.05, 0.1) is 15.7 Å². The van der Waals surface area contributed by atoms with E-state index in [1.54, 1.807) is 18.3 Å². The Morgan fingerprint density at radius 1 is 1.46 bits per heavy atom. The molecule has 2 rings (SSSR count). The summed E-state index contributed by atoms with van der Waals surface area (Å²) in [5.74, 6) is 0. The molecule has 1 heterocycles. The van der Waals surface area contributed by atoms with E-state index < -0.39 is 0 Å². The zero-order valence-electron chi connectivity index (χ0n) is 7.23. The Kier molecular flexibility index (Phi) is 4.09. The van der Waals surface area contributed by atoms with Gasteiger partial charge in [-0.15, -0.1) is 11.3 Å². The Hall–Kier alpha value is -0.701. The fourth-order valence-corrected chi connectivity index (χ4v) is 1.48. The third-order valence-corrected chi connectivity index (χ3v) is 2.05. The first-order valence-electron chi connectivity index (χ1n) is 3.74. The molecule has 0 aliphatic heterocycles. The van der Waals surface area contributed by atoms with Gasteiger partial charge in [-0.1, -0.05) is 12.1 Å². The predicted molar refractivity (Wildman–Crippen MR) is 60.2 cm³/mol. The normalized spacial score (nSPS) is 9.00. The topological polar surface area (TPSA) is 38.9 Å². The second-order valence-electron chi connectivity index (χ2n) is 2.43. The van der Waals surface area contributed by atoms with E-state index in [-0.39, 0.29) is 0 Å². The Morgan fingerprint density at radius 2 is 2.08 bits per heavy atom. The van der Waals surface area contributed by atoms with Crippen molar-refractivity contribution >= 4 is 41.7 Å². The molecule has 0 radical (unpaired) electrons. The summed E-state index contributed by atoms with van der Waals surface area (Å²) >= 11 is 4.27. The first-order chi connectivity index (χ1) is 6.20. The maximum absolute atomic E-state index is 4.97. The maximum Gasteiger partial charge on any atom is 0.0812 e. The van der Waals surface area contributed by atoms with Crippen molar-refractivity contribution in [2.75, 3.05) is 0 Å². The molecule has 0 saturated carbocycles. The molecule has 2 nitrogen and oxygen atoms in total. The van der Waals surface area contributed by atoms with Gasteiger partial charge in [0, 0.05) is 0 Å². The van der Waals surface area contributed by atoms with Crippen LogP contribution in [0.1, 0.15) is 6.92 Å². The molecule has 0 aliphatic rings. The molecule has 1 aromatic heterocycles. The second kappa shape index (κ2) is 5.12. The van der Waals surface area contributed by atoms with E-state index in [1.165, 1.54) is 4.70 Å². The van der Waals surface area contributed by atoms with Gasteiger partial charge in [-0.2, -0.15) is 0 Å². The first-order valence-corrected chi connectivity index (χ1v) is 5.48. The summed E-state index contributed by atoms with van der Waals surface area (Å²) in [5.41, 5.74) is 7.94. The van der Waals surface area contributed by atoms with Gasteiger partial charge in [-0.25, -0.2) is 4.98 Å². The number of para-hydroxylation sites is 1. The van der Waals surface area contributed by atoms with Crippen LogP contribution in [0, 0.1) is 0 Å². The molecule has 2 aromatic rings. The van der Waals surface area contributed by atoms with Gasteiger partial charge in [0.25, 0.3) is 0 Å². The third kappa shape index (κ3) is 3.68. The Morgan fingerprint density at radius 3 is 2.69 bits per heavy atom. The van der Waals surface area contributed by atoms with Crippen molar-refractivity contribution in [1.82, 2.24) is 4.98 Å². The molecule has 1 aromatic carbocycles. The van der Waals surface area contributed by atoms with E-state index in [9.17, 15) is 0 Å². The van der Waals surface area contributed by atoms with Crippen LogP contribution in [0.5, 0.6) is 0 Å². The Balaban J connectivity index is 0.000000184. The van der Waals surface area contributed by atoms with Crippen LogP contribution in [0.25, 0.3) is 10.2 Å². The monoisotopic (exact) mass is 258 g/mol. The molecule has 0 aliphatic carbocycles. The fraction of sp³-hybridized carbons (Fsp3) is 0.111. The number of nitrogens with zero attached hydrogens (tertiary/aromatic N) is 1. The van der Waals surface area contributed by atoms with Crippen molar-refractivity contribution < 1.29 is 0 Å². The van der Waals surface area contributed by atoms with Gasteiger partial charge in [-0.3, -0.25) is 0 Å². The average Bonchev–Trinajstić information content (AvgIpc) is 2.49. The van der Waals surface area contributed by atoms with Gasteiger partial charge < -0.3 is 0 Å². The summed E-state index contributed by atoms with van der Waals surface area (Å²) in [6, 6.07) is 8.13. The van der Waals surface area contributed by atoms with Gasteiger partial charge in [-0.05, 0) is 12.1 Å². The van der Waals surface area contributed by atoms with Crippen LogP contribution in [0.3, 0.4) is 0 Å². The molecule has 13 heavy (non-hydrogen) atoms. The zero-order valence-corrected chi connectivity index (χ0v) is 9.76. The quantitative estimate of drug-likeness (QED) is 0.727. The van der Waals surface area contributed by atoms with Crippen LogP contribution in [-0.4, -0.2) is 25.1 Å². The number of hydrogen-bond acceptors (Lipinski definition) is 3. The molecular weight excluding hydrogens is 247 g/mol. The predicted octanol–water partition coefficient (Wildman–Crippen LogP) is 1.56. The van der Waals surface area contributed by atoms with Gasteiger partial charge in [0.1, 0.15) is 0 Å². The molecule has 0 saturated heterocycles. The summed E-state index contributed by atoms with van der Waals surface area (Å²) in [4.78, 5) is 4.14. The molecule has 68 valence electrons. The summed E-state index contributed by atoms with van der Waals surface area (Å²) in [5, 5.41) is 0. The number of fused-ring (bicyclic) bond motifs is 1. The Bertz CT molecular complexity index is 363. The van der Waals surface area contributed by atoms with Crippen molar-refractivity contribution in [2.45, 2.75) is 6.92 Å². The smallest absolute Gasteiger partial charge is 0.0812 e. The molecule has 0 fully saturated rings. The van der Waals surface area contributed by atoms with E-state index in [0.29, 0.717) is 0 Å². The standard InChI is InChI=1S/C7H5NS.C2H5NSe/c1-2-4-7-6(3-1)8-5-9-7;1-2(3)4/h1-5H;1H3,(H2,3,4). The molecular formula is C9H10N2SSe. The van der Waals surface area contributed by atoms with Crippen LogP contribution < -0.4 is 5.73 Å². The first kappa shape index (κ1) is 10.4. The van der Waals surface area contributed by atoms with Gasteiger partial charge in [0.15, 0.2) is 0 Å². The van der Waals surface area contributed by atoms with Crippen LogP contribution in [0.2, 0.25) is 0 Å². The molecule has 4 heteroatoms. The average molecular weight is 257 g/mol. The number of thiazole rings is 1. The van der Waals surface area contributed by atoms with E-state index in [1.807, 2.05) is 23.7 Å². The van der Waals surface area contributed by atoms with Gasteiger partial charge >= 0.3 is 32.8 Å². The number of benzene rings is 1. The van der Waals surface area contributed by atoms with E-state index >= 15 is 0 Å². The van der Waals surface area contributed by atoms with Crippen molar-refractivity contribution in [2.24, 2.45) is 5.73 Å². The molecule has 0 amide bonds. The van der Waals surface area contributed by atoms with Crippen molar-refractivity contribution in [3.63, 3.8) is 0 Å². The third-order valence-electron chi connectivity index (χ3n) is 1.24.